The largest absolute Gasteiger partial charge is 0.383 e. The lowest BCUT2D eigenvalue weighted by Gasteiger charge is -2.22. The lowest BCUT2D eigenvalue weighted by molar-refractivity contribution is -0.121. The number of fused-ring (bicyclic) bond motifs is 1. The van der Waals surface area contributed by atoms with Crippen molar-refractivity contribution in [3.8, 4) is 6.07 Å². The quantitative estimate of drug-likeness (QED) is 0.718. The van der Waals surface area contributed by atoms with Crippen molar-refractivity contribution < 1.29 is 9.90 Å². The molecule has 28 heavy (non-hydrogen) atoms. The van der Waals surface area contributed by atoms with Gasteiger partial charge in [-0.1, -0.05) is 12.1 Å². The van der Waals surface area contributed by atoms with E-state index in [1.54, 1.807) is 54.1 Å². The fraction of sp³-hybridized carbons (Fsp3) is 0.143. The first kappa shape index (κ1) is 17.6. The van der Waals surface area contributed by atoms with Crippen molar-refractivity contribution in [1.29, 1.82) is 5.26 Å². The minimum atomic E-state index is -1.41. The predicted octanol–water partition coefficient (Wildman–Crippen LogP) is 2.95. The van der Waals surface area contributed by atoms with E-state index in [4.69, 9.17) is 0 Å². The molecule has 2 heterocycles. The maximum Gasteiger partial charge on any atom is 0.229 e. The molecule has 1 aromatic carbocycles. The normalized spacial score (nSPS) is 14.7. The second-order valence-electron chi connectivity index (χ2n) is 6.75. The summed E-state index contributed by atoms with van der Waals surface area (Å²) in [6, 6.07) is 12.5. The number of imidazole rings is 1. The number of nitrogens with zero attached hydrogens (tertiary/aromatic N) is 4. The Morgan fingerprint density at radius 1 is 1.36 bits per heavy atom. The zero-order valence-electron chi connectivity index (χ0n) is 15.1. The van der Waals surface area contributed by atoms with Gasteiger partial charge in [-0.2, -0.15) is 5.26 Å². The van der Waals surface area contributed by atoms with Crippen molar-refractivity contribution in [3.05, 3.63) is 72.1 Å². The van der Waals surface area contributed by atoms with Gasteiger partial charge in [0.15, 0.2) is 0 Å². The maximum atomic E-state index is 12.6. The number of hydrogen-bond acceptors (Lipinski definition) is 5. The Hall–Kier alpha value is -3.76. The highest BCUT2D eigenvalue weighted by atomic mass is 16.3. The second-order valence-corrected chi connectivity index (χ2v) is 6.75. The molecular weight excluding hydrogens is 354 g/mol. The van der Waals surface area contributed by atoms with Crippen molar-refractivity contribution in [2.75, 3.05) is 5.32 Å². The van der Waals surface area contributed by atoms with Crippen molar-refractivity contribution >= 4 is 28.6 Å². The number of aliphatic hydroxyl groups is 1. The van der Waals surface area contributed by atoms with Gasteiger partial charge in [-0.25, -0.2) is 4.98 Å². The van der Waals surface area contributed by atoms with Crippen LogP contribution in [0.1, 0.15) is 24.6 Å². The van der Waals surface area contributed by atoms with Gasteiger partial charge in [0.1, 0.15) is 5.60 Å². The Kier molecular flexibility index (Phi) is 4.26. The number of aromatic nitrogens is 3. The van der Waals surface area contributed by atoms with Gasteiger partial charge in [0.05, 0.1) is 34.8 Å². The molecule has 7 nitrogen and oxygen atoms in total. The lowest BCUT2D eigenvalue weighted by Crippen LogP contribution is -2.30. The summed E-state index contributed by atoms with van der Waals surface area (Å²) in [7, 11) is 0. The van der Waals surface area contributed by atoms with Gasteiger partial charge in [0.25, 0.3) is 0 Å². The highest BCUT2D eigenvalue weighted by Gasteiger charge is 2.29. The van der Waals surface area contributed by atoms with Crippen molar-refractivity contribution in [2.45, 2.75) is 18.9 Å². The zero-order chi connectivity index (χ0) is 19.7. The maximum absolute atomic E-state index is 12.6. The SMILES string of the molecule is C[C@](O)(CC(=O)Nc1nc2ccc(C#N)cc2n1C1=CC=C1)c1ccccn1. The molecule has 2 N–H and O–H groups in total. The van der Waals surface area contributed by atoms with Crippen LogP contribution in [0.15, 0.2) is 60.8 Å². The van der Waals surface area contributed by atoms with Crippen LogP contribution in [0.4, 0.5) is 5.95 Å². The van der Waals surface area contributed by atoms with E-state index in [-0.39, 0.29) is 6.42 Å². The molecule has 0 unspecified atom stereocenters. The van der Waals surface area contributed by atoms with Crippen LogP contribution in [0, 0.1) is 11.3 Å². The molecule has 7 heteroatoms. The molecule has 4 rings (SSSR count). The summed E-state index contributed by atoms with van der Waals surface area (Å²) in [6.45, 7) is 1.55. The molecule has 1 amide bonds. The Labute approximate surface area is 161 Å². The first-order valence-electron chi connectivity index (χ1n) is 8.73. The van der Waals surface area contributed by atoms with E-state index in [0.717, 1.165) is 11.2 Å². The van der Waals surface area contributed by atoms with E-state index in [0.29, 0.717) is 22.7 Å². The molecule has 1 atom stereocenters. The topological polar surface area (TPSA) is 104 Å². The standard InChI is InChI=1S/C21H17N5O2/c1-21(28,18-7-2-3-10-23-18)12-19(27)25-20-24-16-9-8-14(13-22)11-17(16)26(20)15-5-4-6-15/h2-11,28H,12H2,1H3,(H,24,25,27)/t21-/m0/s1. The average Bonchev–Trinajstić information content (AvgIpc) is 2.97. The molecule has 0 aliphatic heterocycles. The summed E-state index contributed by atoms with van der Waals surface area (Å²) in [4.78, 5) is 21.3. The van der Waals surface area contributed by atoms with Gasteiger partial charge in [-0.05, 0) is 49.4 Å². The van der Waals surface area contributed by atoms with E-state index in [2.05, 4.69) is 21.4 Å². The summed E-state index contributed by atoms with van der Waals surface area (Å²) in [5.74, 6) is -0.0564. The lowest BCUT2D eigenvalue weighted by atomic mass is 9.97. The highest BCUT2D eigenvalue weighted by molar-refractivity contribution is 5.95. The second kappa shape index (κ2) is 6.76. The van der Waals surface area contributed by atoms with Gasteiger partial charge in [0, 0.05) is 11.9 Å². The molecule has 1 aliphatic rings. The smallest absolute Gasteiger partial charge is 0.229 e. The third-order valence-electron chi connectivity index (χ3n) is 4.55. The van der Waals surface area contributed by atoms with Crippen LogP contribution >= 0.6 is 0 Å². The third kappa shape index (κ3) is 3.17. The minimum Gasteiger partial charge on any atom is -0.383 e. The fourth-order valence-electron chi connectivity index (χ4n) is 3.07. The number of rotatable bonds is 5. The van der Waals surface area contributed by atoms with Gasteiger partial charge in [-0.3, -0.25) is 19.7 Å². The number of nitriles is 1. The number of carbonyl (C=O) groups is 1. The molecular formula is C21H17N5O2. The van der Waals surface area contributed by atoms with E-state index in [1.165, 1.54) is 0 Å². The molecule has 0 radical (unpaired) electrons. The summed E-state index contributed by atoms with van der Waals surface area (Å²) >= 11 is 0. The van der Waals surface area contributed by atoms with Gasteiger partial charge >= 0.3 is 0 Å². The molecule has 2 aromatic heterocycles. The first-order valence-corrected chi connectivity index (χ1v) is 8.73. The third-order valence-corrected chi connectivity index (χ3v) is 4.55. The number of hydrogen-bond donors (Lipinski definition) is 2. The molecule has 0 saturated heterocycles. The van der Waals surface area contributed by atoms with E-state index in [9.17, 15) is 15.2 Å². The number of benzene rings is 1. The summed E-state index contributed by atoms with van der Waals surface area (Å²) in [5, 5.41) is 22.6. The number of allylic oxidation sites excluding steroid dienone is 4. The molecule has 0 fully saturated rings. The van der Waals surface area contributed by atoms with E-state index >= 15 is 0 Å². The molecule has 3 aromatic rings. The van der Waals surface area contributed by atoms with E-state index < -0.39 is 11.5 Å². The fourth-order valence-corrected chi connectivity index (χ4v) is 3.07. The van der Waals surface area contributed by atoms with Crippen LogP contribution in [-0.2, 0) is 10.4 Å². The Balaban J connectivity index is 1.64. The van der Waals surface area contributed by atoms with Crippen molar-refractivity contribution in [2.24, 2.45) is 0 Å². The van der Waals surface area contributed by atoms with Crippen LogP contribution in [-0.4, -0.2) is 25.5 Å². The minimum absolute atomic E-state index is 0.175. The highest BCUT2D eigenvalue weighted by Crippen LogP contribution is 2.29. The number of carbonyl (C=O) groups excluding carboxylic acids is 1. The van der Waals surface area contributed by atoms with Crippen LogP contribution in [0.25, 0.3) is 16.7 Å². The molecule has 0 saturated carbocycles. The summed E-state index contributed by atoms with van der Waals surface area (Å²) in [6.07, 6.45) is 7.06. The number of amides is 1. The predicted molar refractivity (Wildman–Crippen MR) is 105 cm³/mol. The number of pyridine rings is 1. The van der Waals surface area contributed by atoms with Gasteiger partial charge in [0.2, 0.25) is 11.9 Å². The average molecular weight is 371 g/mol. The Morgan fingerprint density at radius 2 is 2.18 bits per heavy atom. The molecule has 0 bridgehead atoms. The van der Waals surface area contributed by atoms with Gasteiger partial charge in [-0.15, -0.1) is 0 Å². The Bertz CT molecular complexity index is 1170. The summed E-state index contributed by atoms with van der Waals surface area (Å²) < 4.78 is 1.78. The van der Waals surface area contributed by atoms with Crippen LogP contribution in [0.2, 0.25) is 0 Å². The van der Waals surface area contributed by atoms with Gasteiger partial charge < -0.3 is 5.11 Å². The molecule has 0 spiro atoms. The monoisotopic (exact) mass is 371 g/mol. The van der Waals surface area contributed by atoms with Crippen molar-refractivity contribution in [1.82, 2.24) is 14.5 Å². The van der Waals surface area contributed by atoms with Crippen LogP contribution in [0.5, 0.6) is 0 Å². The summed E-state index contributed by atoms with van der Waals surface area (Å²) in [5.41, 5.74) is 1.75. The first-order chi connectivity index (χ1) is 13.5. The molecule has 1 aliphatic carbocycles. The number of anilines is 1. The van der Waals surface area contributed by atoms with Crippen LogP contribution in [0.3, 0.4) is 0 Å². The zero-order valence-corrected chi connectivity index (χ0v) is 15.1. The number of nitrogens with one attached hydrogen (secondary N) is 1. The van der Waals surface area contributed by atoms with Crippen molar-refractivity contribution in [3.63, 3.8) is 0 Å². The van der Waals surface area contributed by atoms with E-state index in [1.807, 2.05) is 18.2 Å². The molecule has 138 valence electrons. The van der Waals surface area contributed by atoms with Crippen LogP contribution < -0.4 is 5.32 Å². The Morgan fingerprint density at radius 3 is 2.82 bits per heavy atom.